The second-order valence-corrected chi connectivity index (χ2v) is 12.3. The first kappa shape index (κ1) is 37.4. The molecular formula is C31H38F3N3O12. The third kappa shape index (κ3) is 7.16. The van der Waals surface area contributed by atoms with E-state index >= 15 is 0 Å². The van der Waals surface area contributed by atoms with Crippen molar-refractivity contribution < 1.29 is 71.8 Å². The molecule has 2 aliphatic heterocycles. The highest BCUT2D eigenvalue weighted by atomic mass is 19.4. The summed E-state index contributed by atoms with van der Waals surface area (Å²) in [7, 11) is 1.97. The Morgan fingerprint density at radius 1 is 1.04 bits per heavy atom. The lowest BCUT2D eigenvalue weighted by Gasteiger charge is -2.62. The van der Waals surface area contributed by atoms with Gasteiger partial charge in [0.25, 0.3) is 0 Å². The number of aromatic hydroxyl groups is 1. The monoisotopic (exact) mass is 701 g/mol. The van der Waals surface area contributed by atoms with E-state index in [1.165, 1.54) is 13.8 Å². The third-order valence-electron chi connectivity index (χ3n) is 9.10. The largest absolute Gasteiger partial charge is 0.504 e. The number of carbonyl (C=O) groups excluding carboxylic acids is 4. The van der Waals surface area contributed by atoms with Crippen molar-refractivity contribution in [2.24, 2.45) is 0 Å². The normalized spacial score (nSPS) is 25.9. The fourth-order valence-corrected chi connectivity index (χ4v) is 6.91. The maximum Gasteiger partial charge on any atom is 0.490 e. The fraction of sp³-hybridized carbons (Fsp3) is 0.581. The number of hydrogen-bond acceptors (Lipinski definition) is 12. The van der Waals surface area contributed by atoms with Crippen LogP contribution in [0.25, 0.3) is 0 Å². The molecule has 0 unspecified atom stereocenters. The van der Waals surface area contributed by atoms with Gasteiger partial charge >= 0.3 is 24.1 Å². The van der Waals surface area contributed by atoms with E-state index in [2.05, 4.69) is 15.5 Å². The molecule has 2 heterocycles. The van der Waals surface area contributed by atoms with Gasteiger partial charge in [0.2, 0.25) is 11.8 Å². The molecule has 18 heteroatoms. The van der Waals surface area contributed by atoms with Crippen molar-refractivity contribution in [1.82, 2.24) is 15.5 Å². The van der Waals surface area contributed by atoms with Gasteiger partial charge in [-0.25, -0.2) is 4.79 Å². The number of benzene rings is 1. The number of hydrogen-bond donors (Lipinski definition) is 6. The number of phenolic OH excluding ortho intramolecular Hbond substituents is 1. The van der Waals surface area contributed by atoms with E-state index in [0.29, 0.717) is 19.4 Å². The molecule has 0 saturated carbocycles. The van der Waals surface area contributed by atoms with E-state index in [-0.39, 0.29) is 55.7 Å². The van der Waals surface area contributed by atoms with E-state index in [4.69, 9.17) is 24.1 Å². The van der Waals surface area contributed by atoms with Gasteiger partial charge in [0.05, 0.1) is 24.3 Å². The number of rotatable bonds is 10. The summed E-state index contributed by atoms with van der Waals surface area (Å²) < 4.78 is 50.3. The molecule has 1 aromatic carbocycles. The van der Waals surface area contributed by atoms with Gasteiger partial charge in [-0.15, -0.1) is 0 Å². The van der Waals surface area contributed by atoms with Gasteiger partial charge in [-0.3, -0.25) is 24.1 Å². The average molecular weight is 702 g/mol. The lowest BCUT2D eigenvalue weighted by Crippen LogP contribution is -2.75. The number of likely N-dealkylation sites (N-methyl/N-ethyl adjacent to an activating group) is 1. The summed E-state index contributed by atoms with van der Waals surface area (Å²) in [5.41, 5.74) is -0.387. The number of ether oxygens (including phenoxy) is 3. The van der Waals surface area contributed by atoms with Crippen LogP contribution in [0.2, 0.25) is 0 Å². The molecule has 5 rings (SSSR count). The number of nitrogens with one attached hydrogen (secondary N) is 2. The number of amides is 2. The summed E-state index contributed by atoms with van der Waals surface area (Å²) in [5.74, 6) is -4.67. The molecule has 2 aliphatic carbocycles. The van der Waals surface area contributed by atoms with Crippen LogP contribution in [0.15, 0.2) is 24.0 Å². The topological polar surface area (TPSA) is 221 Å². The summed E-state index contributed by atoms with van der Waals surface area (Å²) in [4.78, 5) is 60.6. The molecule has 6 atom stereocenters. The van der Waals surface area contributed by atoms with Crippen LogP contribution in [0.1, 0.15) is 50.7 Å². The lowest BCUT2D eigenvalue weighted by molar-refractivity contribution is -0.206. The van der Waals surface area contributed by atoms with Crippen molar-refractivity contribution in [3.63, 3.8) is 0 Å². The number of carboxylic acids is 1. The molecule has 0 radical (unpaired) electrons. The van der Waals surface area contributed by atoms with Crippen LogP contribution in [0.3, 0.4) is 0 Å². The summed E-state index contributed by atoms with van der Waals surface area (Å²) in [6.45, 7) is 3.24. The number of halogens is 3. The highest BCUT2D eigenvalue weighted by Crippen LogP contribution is 2.66. The first-order valence-corrected chi connectivity index (χ1v) is 15.4. The third-order valence-corrected chi connectivity index (χ3v) is 9.10. The molecule has 1 aromatic rings. The number of aliphatic hydroxyl groups excluding tert-OH is 2. The average Bonchev–Trinajstić information content (AvgIpc) is 3.37. The van der Waals surface area contributed by atoms with E-state index in [0.717, 1.165) is 11.1 Å². The predicted molar refractivity (Wildman–Crippen MR) is 159 cm³/mol. The Morgan fingerprint density at radius 3 is 2.16 bits per heavy atom. The predicted octanol–water partition coefficient (Wildman–Crippen LogP) is 0.172. The zero-order valence-corrected chi connectivity index (χ0v) is 26.8. The second kappa shape index (κ2) is 14.2. The van der Waals surface area contributed by atoms with Crippen molar-refractivity contribution in [3.8, 4) is 11.5 Å². The minimum absolute atomic E-state index is 0.0149. The standard InChI is InChI=1S/C29H37N3O10.C2HF3O2/c1-15(33)26(38)30-11-7-21(36)40-19-6-9-29(42-22(37)8-12-31-27(39)16(2)34)20-14-17-4-5-18(35)24-23(17)28(29,25(19)41-24)10-13-32(20)3;3-2(4,5)1(6)7/h4-6,15-16,20,25,33-35H,7-14H2,1-3H3,(H,30,38)(H,31,39);(H,6,7)/t15-,16-,20+,25-,28-,29+;/m0./s1. The maximum atomic E-state index is 13.3. The molecule has 4 aliphatic rings. The van der Waals surface area contributed by atoms with Crippen molar-refractivity contribution in [1.29, 1.82) is 0 Å². The Kier molecular flexibility index (Phi) is 10.8. The van der Waals surface area contributed by atoms with E-state index in [9.17, 15) is 47.7 Å². The summed E-state index contributed by atoms with van der Waals surface area (Å²) in [6.07, 6.45) is -5.71. The number of esters is 2. The number of phenols is 1. The Hall–Kier alpha value is -4.42. The Balaban J connectivity index is 0.000000698. The molecule has 2 bridgehead atoms. The Morgan fingerprint density at radius 2 is 1.61 bits per heavy atom. The van der Waals surface area contributed by atoms with Crippen molar-refractivity contribution in [2.75, 3.05) is 26.7 Å². The van der Waals surface area contributed by atoms with Gasteiger partial charge in [-0.2, -0.15) is 13.2 Å². The number of aliphatic hydroxyl groups is 2. The summed E-state index contributed by atoms with van der Waals surface area (Å²) in [6, 6.07) is 3.17. The zero-order chi connectivity index (χ0) is 36.5. The molecule has 15 nitrogen and oxygen atoms in total. The van der Waals surface area contributed by atoms with Crippen molar-refractivity contribution in [2.45, 2.75) is 87.5 Å². The van der Waals surface area contributed by atoms with Crippen LogP contribution in [0.5, 0.6) is 11.5 Å². The number of piperidine rings is 1. The molecule has 6 N–H and O–H groups in total. The number of alkyl halides is 3. The molecule has 1 spiro atoms. The first-order valence-electron chi connectivity index (χ1n) is 15.4. The molecular weight excluding hydrogens is 663 g/mol. The molecule has 2 amide bonds. The number of nitrogens with zero attached hydrogens (tertiary/aromatic N) is 1. The van der Waals surface area contributed by atoms with Crippen LogP contribution in [0.4, 0.5) is 13.2 Å². The fourth-order valence-electron chi connectivity index (χ4n) is 6.91. The van der Waals surface area contributed by atoms with Gasteiger partial charge in [0.15, 0.2) is 17.6 Å². The van der Waals surface area contributed by atoms with Crippen molar-refractivity contribution in [3.05, 3.63) is 35.1 Å². The minimum atomic E-state index is -5.08. The van der Waals surface area contributed by atoms with Crippen LogP contribution in [-0.2, 0) is 45.3 Å². The number of likely N-dealkylation sites (tertiary alicyclic amines) is 1. The van der Waals surface area contributed by atoms with E-state index in [1.54, 1.807) is 12.1 Å². The van der Waals surface area contributed by atoms with Gasteiger partial charge in [0.1, 0.15) is 23.6 Å². The number of aliphatic carboxylic acids is 1. The lowest BCUT2D eigenvalue weighted by atomic mass is 9.50. The van der Waals surface area contributed by atoms with Crippen molar-refractivity contribution >= 4 is 29.7 Å². The quantitative estimate of drug-likeness (QED) is 0.179. The zero-order valence-electron chi connectivity index (χ0n) is 26.8. The molecule has 49 heavy (non-hydrogen) atoms. The SMILES string of the molecule is C[C@H](O)C(=O)NCCC(=O)OC1=CC[C@@]2(OC(=O)CCNC(=O)[C@H](C)O)[C@H]3Cc4ccc(O)c5c4[C@@]2(CCN3C)[C@H]1O5.O=C(O)C(F)(F)F. The molecule has 0 aromatic heterocycles. The number of carbonyl (C=O) groups is 5. The molecule has 1 fully saturated rings. The summed E-state index contributed by atoms with van der Waals surface area (Å²) >= 11 is 0. The Labute approximate surface area is 278 Å². The van der Waals surface area contributed by atoms with Gasteiger partial charge in [-0.1, -0.05) is 6.07 Å². The molecule has 1 saturated heterocycles. The highest BCUT2D eigenvalue weighted by molar-refractivity contribution is 5.81. The van der Waals surface area contributed by atoms with E-state index in [1.807, 2.05) is 13.1 Å². The van der Waals surface area contributed by atoms with Crippen LogP contribution in [0, 0.1) is 0 Å². The van der Waals surface area contributed by atoms with Crippen LogP contribution in [-0.4, -0.2) is 118 Å². The highest BCUT2D eigenvalue weighted by Gasteiger charge is 2.74. The molecule has 270 valence electrons. The smallest absolute Gasteiger partial charge is 0.490 e. The van der Waals surface area contributed by atoms with Crippen LogP contribution < -0.4 is 15.4 Å². The van der Waals surface area contributed by atoms with E-state index < -0.39 is 65.2 Å². The number of carboxylic acid groups (broad SMARTS) is 1. The van der Waals surface area contributed by atoms with Gasteiger partial charge < -0.3 is 45.3 Å². The van der Waals surface area contributed by atoms with Crippen LogP contribution >= 0.6 is 0 Å². The van der Waals surface area contributed by atoms with Gasteiger partial charge in [-0.05, 0) is 58.0 Å². The minimum Gasteiger partial charge on any atom is -0.504 e. The second-order valence-electron chi connectivity index (χ2n) is 12.3. The Bertz CT molecular complexity index is 1530. The maximum absolute atomic E-state index is 13.3. The summed E-state index contributed by atoms with van der Waals surface area (Å²) in [5, 5.41) is 41.7. The first-order chi connectivity index (χ1) is 22.9. The van der Waals surface area contributed by atoms with Gasteiger partial charge in [0, 0.05) is 25.1 Å².